The lowest BCUT2D eigenvalue weighted by molar-refractivity contribution is 0.244. The fourth-order valence-corrected chi connectivity index (χ4v) is 4.14. The first kappa shape index (κ1) is 22.3. The second-order valence-electron chi connectivity index (χ2n) is 8.26. The Morgan fingerprint density at radius 2 is 1.77 bits per heavy atom. The molecule has 1 aliphatic heterocycles. The number of amides is 2. The molecule has 1 aliphatic rings. The maximum Gasteiger partial charge on any atom is 0.327 e. The van der Waals surface area contributed by atoms with E-state index in [0.29, 0.717) is 34.1 Å². The van der Waals surface area contributed by atoms with E-state index >= 15 is 0 Å². The van der Waals surface area contributed by atoms with Crippen LogP contribution in [0.25, 0.3) is 17.0 Å². The van der Waals surface area contributed by atoms with Gasteiger partial charge >= 0.3 is 6.03 Å². The van der Waals surface area contributed by atoms with Crippen molar-refractivity contribution in [1.29, 1.82) is 0 Å². The standard InChI is InChI=1S/C27H23FN4O3/c1-16-7-9-19(10-8-16)25-30-26(35-31-25)23-17(2)32(21-5-4-6-22(15-21)34-3)27(33)29-24(23)18-11-13-20(28)14-12-18/h4-15,24H,1-3H3,(H,29,33). The van der Waals surface area contributed by atoms with E-state index in [0.717, 1.165) is 11.1 Å². The Labute approximate surface area is 201 Å². The van der Waals surface area contributed by atoms with E-state index in [2.05, 4.69) is 15.5 Å². The molecule has 2 amide bonds. The number of hydrogen-bond acceptors (Lipinski definition) is 5. The Bertz CT molecular complexity index is 1410. The Morgan fingerprint density at radius 3 is 2.49 bits per heavy atom. The third kappa shape index (κ3) is 4.26. The van der Waals surface area contributed by atoms with Gasteiger partial charge in [0.1, 0.15) is 11.6 Å². The first-order valence-electron chi connectivity index (χ1n) is 11.1. The van der Waals surface area contributed by atoms with Gasteiger partial charge in [-0.15, -0.1) is 0 Å². The van der Waals surface area contributed by atoms with Crippen molar-refractivity contribution in [3.8, 4) is 17.1 Å². The number of carbonyl (C=O) groups is 1. The second-order valence-corrected chi connectivity index (χ2v) is 8.26. The van der Waals surface area contributed by atoms with Gasteiger partial charge in [-0.05, 0) is 43.7 Å². The molecule has 1 N–H and O–H groups in total. The van der Waals surface area contributed by atoms with Crippen molar-refractivity contribution in [3.63, 3.8) is 0 Å². The highest BCUT2D eigenvalue weighted by Gasteiger charge is 2.36. The molecule has 5 rings (SSSR count). The van der Waals surface area contributed by atoms with Gasteiger partial charge in [0.05, 0.1) is 24.4 Å². The number of nitrogens with zero attached hydrogens (tertiary/aromatic N) is 3. The summed E-state index contributed by atoms with van der Waals surface area (Å²) in [6.45, 7) is 3.82. The molecule has 3 aromatic carbocycles. The topological polar surface area (TPSA) is 80.5 Å². The summed E-state index contributed by atoms with van der Waals surface area (Å²) in [6.07, 6.45) is 0. The van der Waals surface area contributed by atoms with Crippen molar-refractivity contribution in [2.24, 2.45) is 0 Å². The molecule has 0 aliphatic carbocycles. The van der Waals surface area contributed by atoms with E-state index in [1.165, 1.54) is 17.0 Å². The number of aromatic nitrogens is 2. The minimum Gasteiger partial charge on any atom is -0.497 e. The van der Waals surface area contributed by atoms with Crippen LogP contribution in [0.5, 0.6) is 5.75 Å². The van der Waals surface area contributed by atoms with Crippen LogP contribution in [0.4, 0.5) is 14.9 Å². The molecule has 0 radical (unpaired) electrons. The monoisotopic (exact) mass is 470 g/mol. The third-order valence-electron chi connectivity index (χ3n) is 5.97. The lowest BCUT2D eigenvalue weighted by Gasteiger charge is -2.35. The van der Waals surface area contributed by atoms with Gasteiger partial charge in [0, 0.05) is 17.3 Å². The maximum absolute atomic E-state index is 13.6. The van der Waals surface area contributed by atoms with Crippen LogP contribution in [-0.4, -0.2) is 23.3 Å². The van der Waals surface area contributed by atoms with Crippen LogP contribution in [-0.2, 0) is 0 Å². The van der Waals surface area contributed by atoms with E-state index in [9.17, 15) is 9.18 Å². The number of urea groups is 1. The number of methoxy groups -OCH3 is 1. The van der Waals surface area contributed by atoms with Crippen LogP contribution < -0.4 is 15.0 Å². The zero-order chi connectivity index (χ0) is 24.5. The molecule has 1 unspecified atom stereocenters. The van der Waals surface area contributed by atoms with Crippen molar-refractivity contribution in [2.75, 3.05) is 12.0 Å². The molecule has 7 nitrogen and oxygen atoms in total. The minimum atomic E-state index is -0.615. The third-order valence-corrected chi connectivity index (χ3v) is 5.97. The quantitative estimate of drug-likeness (QED) is 0.393. The zero-order valence-electron chi connectivity index (χ0n) is 19.4. The molecule has 4 aromatic rings. The van der Waals surface area contributed by atoms with Gasteiger partial charge < -0.3 is 14.6 Å². The molecule has 0 saturated carbocycles. The molecule has 8 heteroatoms. The fraction of sp³-hybridized carbons (Fsp3) is 0.148. The Hall–Kier alpha value is -4.46. The molecular weight excluding hydrogens is 447 g/mol. The molecule has 176 valence electrons. The Morgan fingerprint density at radius 1 is 1.03 bits per heavy atom. The van der Waals surface area contributed by atoms with E-state index in [1.54, 1.807) is 31.4 Å². The molecule has 0 spiro atoms. The molecule has 2 heterocycles. The number of rotatable bonds is 5. The maximum atomic E-state index is 13.6. The zero-order valence-corrected chi connectivity index (χ0v) is 19.4. The highest BCUT2D eigenvalue weighted by molar-refractivity contribution is 6.01. The van der Waals surface area contributed by atoms with Crippen LogP contribution in [0.2, 0.25) is 0 Å². The number of allylic oxidation sites excluding steroid dienone is 1. The molecule has 1 aromatic heterocycles. The molecule has 0 bridgehead atoms. The van der Waals surface area contributed by atoms with E-state index in [1.807, 2.05) is 50.2 Å². The lowest BCUT2D eigenvalue weighted by Crippen LogP contribution is -2.46. The highest BCUT2D eigenvalue weighted by atomic mass is 19.1. The average Bonchev–Trinajstić information content (AvgIpc) is 3.34. The largest absolute Gasteiger partial charge is 0.497 e. The van der Waals surface area contributed by atoms with Crippen LogP contribution in [0, 0.1) is 12.7 Å². The van der Waals surface area contributed by atoms with Gasteiger partial charge in [-0.2, -0.15) is 4.98 Å². The van der Waals surface area contributed by atoms with Gasteiger partial charge in [0.25, 0.3) is 5.89 Å². The number of carbonyl (C=O) groups excluding carboxylic acids is 1. The summed E-state index contributed by atoms with van der Waals surface area (Å²) in [5, 5.41) is 7.19. The smallest absolute Gasteiger partial charge is 0.327 e. The van der Waals surface area contributed by atoms with Crippen molar-refractivity contribution >= 4 is 17.3 Å². The van der Waals surface area contributed by atoms with Crippen molar-refractivity contribution < 1.29 is 18.4 Å². The van der Waals surface area contributed by atoms with E-state index in [4.69, 9.17) is 9.26 Å². The van der Waals surface area contributed by atoms with E-state index in [-0.39, 0.29) is 17.7 Å². The second kappa shape index (κ2) is 9.06. The lowest BCUT2D eigenvalue weighted by atomic mass is 9.94. The summed E-state index contributed by atoms with van der Waals surface area (Å²) in [5.74, 6) is 0.948. The number of anilines is 1. The molecule has 0 fully saturated rings. The summed E-state index contributed by atoms with van der Waals surface area (Å²) in [7, 11) is 1.57. The fourth-order valence-electron chi connectivity index (χ4n) is 4.14. The number of aryl methyl sites for hydroxylation is 1. The van der Waals surface area contributed by atoms with Crippen molar-refractivity contribution in [1.82, 2.24) is 15.5 Å². The van der Waals surface area contributed by atoms with Crippen LogP contribution >= 0.6 is 0 Å². The van der Waals surface area contributed by atoms with Crippen LogP contribution in [0.1, 0.15) is 30.0 Å². The summed E-state index contributed by atoms with van der Waals surface area (Å²) >= 11 is 0. The normalized spacial score (nSPS) is 15.8. The minimum absolute atomic E-state index is 0.264. The summed E-state index contributed by atoms with van der Waals surface area (Å²) in [6, 6.07) is 20.0. The molecule has 35 heavy (non-hydrogen) atoms. The first-order chi connectivity index (χ1) is 16.9. The Balaban J connectivity index is 1.65. The molecule has 0 saturated heterocycles. The summed E-state index contributed by atoms with van der Waals surface area (Å²) in [4.78, 5) is 19.5. The number of ether oxygens (including phenoxy) is 1. The van der Waals surface area contributed by atoms with Gasteiger partial charge in [0.2, 0.25) is 5.82 Å². The number of benzene rings is 3. The molecular formula is C27H23FN4O3. The van der Waals surface area contributed by atoms with Crippen LogP contribution in [0.15, 0.2) is 83.0 Å². The van der Waals surface area contributed by atoms with Crippen molar-refractivity contribution in [3.05, 3.63) is 101 Å². The summed E-state index contributed by atoms with van der Waals surface area (Å²) < 4.78 is 24.7. The van der Waals surface area contributed by atoms with Gasteiger partial charge in [-0.3, -0.25) is 4.90 Å². The van der Waals surface area contributed by atoms with Gasteiger partial charge in [0.15, 0.2) is 0 Å². The number of nitrogens with one attached hydrogen (secondary N) is 1. The first-order valence-corrected chi connectivity index (χ1v) is 11.1. The molecule has 1 atom stereocenters. The SMILES string of the molecule is COc1cccc(N2C(=O)NC(c3ccc(F)cc3)C(c3nc(-c4ccc(C)cc4)no3)=C2C)c1. The predicted octanol–water partition coefficient (Wildman–Crippen LogP) is 5.89. The van der Waals surface area contributed by atoms with Gasteiger partial charge in [-0.25, -0.2) is 9.18 Å². The average molecular weight is 471 g/mol. The number of halogens is 1. The van der Waals surface area contributed by atoms with E-state index < -0.39 is 6.04 Å². The Kier molecular flexibility index (Phi) is 5.78. The van der Waals surface area contributed by atoms with Crippen molar-refractivity contribution in [2.45, 2.75) is 19.9 Å². The summed E-state index contributed by atoms with van der Waals surface area (Å²) in [5.41, 5.74) is 4.46. The number of hydrogen-bond donors (Lipinski definition) is 1. The predicted molar refractivity (Wildman–Crippen MR) is 130 cm³/mol. The highest BCUT2D eigenvalue weighted by Crippen LogP contribution is 2.39. The van der Waals surface area contributed by atoms with Gasteiger partial charge in [-0.1, -0.05) is 53.2 Å². The van der Waals surface area contributed by atoms with Crippen LogP contribution in [0.3, 0.4) is 0 Å².